The van der Waals surface area contributed by atoms with Gasteiger partial charge in [0.1, 0.15) is 11.6 Å². The van der Waals surface area contributed by atoms with Gasteiger partial charge in [0.05, 0.1) is 11.3 Å². The molecule has 2 rings (SSSR count). The van der Waals surface area contributed by atoms with E-state index in [0.717, 1.165) is 22.8 Å². The fraction of sp³-hybridized carbons (Fsp3) is 0.200. The van der Waals surface area contributed by atoms with E-state index < -0.39 is 23.2 Å². The predicted molar refractivity (Wildman–Crippen MR) is 73.1 cm³/mol. The van der Waals surface area contributed by atoms with Crippen molar-refractivity contribution in [1.82, 2.24) is 4.57 Å². The molecule has 0 amide bonds. The lowest BCUT2D eigenvalue weighted by Gasteiger charge is -2.15. The maximum atomic E-state index is 14.0. The SMILES string of the molecule is Cc1cc(F)c(-n2c(C)c(C(=O)O)c(C)cc2=O)cc1F. The van der Waals surface area contributed by atoms with E-state index in [1.54, 1.807) is 0 Å². The Morgan fingerprint density at radius 3 is 2.24 bits per heavy atom. The third-order valence-electron chi connectivity index (χ3n) is 3.33. The number of aryl methyl sites for hydroxylation is 2. The summed E-state index contributed by atoms with van der Waals surface area (Å²) in [5, 5.41) is 9.19. The average Bonchev–Trinajstić information content (AvgIpc) is 2.34. The fourth-order valence-corrected chi connectivity index (χ4v) is 2.31. The smallest absolute Gasteiger partial charge is 0.337 e. The quantitative estimate of drug-likeness (QED) is 0.926. The lowest BCUT2D eigenvalue weighted by molar-refractivity contribution is 0.0694. The number of halogens is 2. The minimum Gasteiger partial charge on any atom is -0.478 e. The van der Waals surface area contributed by atoms with Crippen molar-refractivity contribution in [2.45, 2.75) is 20.8 Å². The minimum atomic E-state index is -1.23. The van der Waals surface area contributed by atoms with Gasteiger partial charge in [-0.25, -0.2) is 13.6 Å². The fourth-order valence-electron chi connectivity index (χ4n) is 2.31. The highest BCUT2D eigenvalue weighted by molar-refractivity contribution is 5.90. The molecule has 0 saturated heterocycles. The second-order valence-electron chi connectivity index (χ2n) is 4.82. The van der Waals surface area contributed by atoms with E-state index in [1.807, 2.05) is 0 Å². The zero-order chi connectivity index (χ0) is 15.9. The molecule has 4 nitrogen and oxygen atoms in total. The van der Waals surface area contributed by atoms with Crippen LogP contribution in [0, 0.1) is 32.4 Å². The Bertz CT molecular complexity index is 810. The summed E-state index contributed by atoms with van der Waals surface area (Å²) in [6, 6.07) is 2.95. The Balaban J connectivity index is 2.88. The number of aromatic carboxylic acids is 1. The number of hydrogen-bond donors (Lipinski definition) is 1. The molecule has 0 atom stereocenters. The van der Waals surface area contributed by atoms with E-state index >= 15 is 0 Å². The van der Waals surface area contributed by atoms with Crippen LogP contribution in [0.5, 0.6) is 0 Å². The Kier molecular flexibility index (Phi) is 3.63. The van der Waals surface area contributed by atoms with Crippen molar-refractivity contribution in [2.75, 3.05) is 0 Å². The molecular weight excluding hydrogens is 280 g/mol. The van der Waals surface area contributed by atoms with Gasteiger partial charge in [0.25, 0.3) is 5.56 Å². The lowest BCUT2D eigenvalue weighted by atomic mass is 10.1. The van der Waals surface area contributed by atoms with Crippen LogP contribution in [0.3, 0.4) is 0 Å². The molecule has 0 unspecified atom stereocenters. The second-order valence-corrected chi connectivity index (χ2v) is 4.82. The zero-order valence-electron chi connectivity index (χ0n) is 11.7. The number of rotatable bonds is 2. The van der Waals surface area contributed by atoms with Crippen molar-refractivity contribution in [1.29, 1.82) is 0 Å². The number of carboxylic acids is 1. The van der Waals surface area contributed by atoms with Crippen molar-refractivity contribution < 1.29 is 18.7 Å². The zero-order valence-corrected chi connectivity index (χ0v) is 11.7. The molecule has 0 aliphatic heterocycles. The molecule has 0 bridgehead atoms. The van der Waals surface area contributed by atoms with E-state index in [9.17, 15) is 23.5 Å². The summed E-state index contributed by atoms with van der Waals surface area (Å²) in [5.74, 6) is -2.69. The average molecular weight is 293 g/mol. The van der Waals surface area contributed by atoms with Crippen molar-refractivity contribution in [3.05, 3.63) is 62.6 Å². The van der Waals surface area contributed by atoms with Gasteiger partial charge in [-0.3, -0.25) is 9.36 Å². The third kappa shape index (κ3) is 2.44. The van der Waals surface area contributed by atoms with Crippen molar-refractivity contribution in [2.24, 2.45) is 0 Å². The molecule has 110 valence electrons. The number of carbonyl (C=O) groups is 1. The minimum absolute atomic E-state index is 0.0506. The topological polar surface area (TPSA) is 59.3 Å². The molecule has 6 heteroatoms. The summed E-state index contributed by atoms with van der Waals surface area (Å²) in [6.07, 6.45) is 0. The Labute approximate surface area is 119 Å². The van der Waals surface area contributed by atoms with Crippen LogP contribution in [0.1, 0.15) is 27.2 Å². The first kappa shape index (κ1) is 14.9. The van der Waals surface area contributed by atoms with Crippen LogP contribution in [-0.2, 0) is 0 Å². The highest BCUT2D eigenvalue weighted by Gasteiger charge is 2.19. The van der Waals surface area contributed by atoms with Gasteiger partial charge in [-0.15, -0.1) is 0 Å². The Morgan fingerprint density at radius 1 is 1.05 bits per heavy atom. The summed E-state index contributed by atoms with van der Waals surface area (Å²) in [5.41, 5.74) is -0.591. The van der Waals surface area contributed by atoms with Gasteiger partial charge in [-0.1, -0.05) is 0 Å². The van der Waals surface area contributed by atoms with Crippen molar-refractivity contribution in [3.8, 4) is 5.69 Å². The van der Waals surface area contributed by atoms with Crippen LogP contribution in [0.2, 0.25) is 0 Å². The van der Waals surface area contributed by atoms with Crippen LogP contribution < -0.4 is 5.56 Å². The van der Waals surface area contributed by atoms with Gasteiger partial charge < -0.3 is 5.11 Å². The van der Waals surface area contributed by atoms with Crippen molar-refractivity contribution in [3.63, 3.8) is 0 Å². The number of carboxylic acid groups (broad SMARTS) is 1. The maximum absolute atomic E-state index is 14.0. The molecule has 0 radical (unpaired) electrons. The monoisotopic (exact) mass is 293 g/mol. The summed E-state index contributed by atoms with van der Waals surface area (Å²) < 4.78 is 28.6. The third-order valence-corrected chi connectivity index (χ3v) is 3.33. The van der Waals surface area contributed by atoms with Crippen LogP contribution in [-0.4, -0.2) is 15.6 Å². The molecule has 2 aromatic rings. The summed E-state index contributed by atoms with van der Waals surface area (Å²) in [7, 11) is 0. The highest BCUT2D eigenvalue weighted by Crippen LogP contribution is 2.21. The molecule has 0 aliphatic carbocycles. The van der Waals surface area contributed by atoms with Gasteiger partial charge in [-0.05, 0) is 38.0 Å². The number of pyridine rings is 1. The van der Waals surface area contributed by atoms with E-state index in [4.69, 9.17) is 0 Å². The largest absolute Gasteiger partial charge is 0.478 e. The lowest BCUT2D eigenvalue weighted by Crippen LogP contribution is -2.25. The Morgan fingerprint density at radius 2 is 1.67 bits per heavy atom. The molecular formula is C15H13F2NO3. The van der Waals surface area contributed by atoms with E-state index in [-0.39, 0.29) is 28.1 Å². The predicted octanol–water partition coefficient (Wildman–Crippen LogP) is 2.74. The number of nitrogens with zero attached hydrogens (tertiary/aromatic N) is 1. The summed E-state index contributed by atoms with van der Waals surface area (Å²) in [6.45, 7) is 4.26. The van der Waals surface area contributed by atoms with Gasteiger partial charge in [0.2, 0.25) is 0 Å². The molecule has 1 aromatic carbocycles. The first-order chi connectivity index (χ1) is 9.73. The molecule has 0 fully saturated rings. The number of aromatic nitrogens is 1. The number of hydrogen-bond acceptors (Lipinski definition) is 2. The summed E-state index contributed by atoms with van der Waals surface area (Å²) >= 11 is 0. The molecule has 0 saturated carbocycles. The first-order valence-electron chi connectivity index (χ1n) is 6.16. The van der Waals surface area contributed by atoms with Crippen LogP contribution in [0.15, 0.2) is 23.0 Å². The molecule has 21 heavy (non-hydrogen) atoms. The van der Waals surface area contributed by atoms with Gasteiger partial charge in [0, 0.05) is 17.8 Å². The highest BCUT2D eigenvalue weighted by atomic mass is 19.1. The maximum Gasteiger partial charge on any atom is 0.337 e. The van der Waals surface area contributed by atoms with Gasteiger partial charge in [0.15, 0.2) is 0 Å². The van der Waals surface area contributed by atoms with E-state index in [1.165, 1.54) is 20.8 Å². The normalized spacial score (nSPS) is 10.7. The molecule has 0 aliphatic rings. The first-order valence-corrected chi connectivity index (χ1v) is 6.16. The van der Waals surface area contributed by atoms with Crippen LogP contribution in [0.25, 0.3) is 5.69 Å². The standard InChI is InChI=1S/C15H13F2NO3/c1-7-4-11(17)12(6-10(7)16)18-9(3)14(15(20)21)8(2)5-13(18)19/h4-6H,1-3H3,(H,20,21). The second kappa shape index (κ2) is 5.12. The van der Waals surface area contributed by atoms with Gasteiger partial charge >= 0.3 is 5.97 Å². The van der Waals surface area contributed by atoms with Crippen LogP contribution in [0.4, 0.5) is 8.78 Å². The molecule has 0 spiro atoms. The van der Waals surface area contributed by atoms with Crippen LogP contribution >= 0.6 is 0 Å². The van der Waals surface area contributed by atoms with E-state index in [2.05, 4.69) is 0 Å². The molecule has 1 aromatic heterocycles. The Hall–Kier alpha value is -2.50. The van der Waals surface area contributed by atoms with E-state index in [0.29, 0.717) is 0 Å². The molecule has 1 N–H and O–H groups in total. The summed E-state index contributed by atoms with van der Waals surface area (Å²) in [4.78, 5) is 23.3. The van der Waals surface area contributed by atoms with Crippen molar-refractivity contribution >= 4 is 5.97 Å². The molecule has 1 heterocycles. The number of benzene rings is 1. The van der Waals surface area contributed by atoms with Gasteiger partial charge in [-0.2, -0.15) is 0 Å².